The van der Waals surface area contributed by atoms with Gasteiger partial charge in [0.25, 0.3) is 0 Å². The minimum absolute atomic E-state index is 0.602. The van der Waals surface area contributed by atoms with Gasteiger partial charge >= 0.3 is 0 Å². The molecule has 0 aromatic carbocycles. The summed E-state index contributed by atoms with van der Waals surface area (Å²) in [5.41, 5.74) is 1.57. The van der Waals surface area contributed by atoms with Gasteiger partial charge in [-0.1, -0.05) is 0 Å². The zero-order valence-corrected chi connectivity index (χ0v) is 13.3. The van der Waals surface area contributed by atoms with Gasteiger partial charge in [-0.2, -0.15) is 0 Å². The number of aryl methyl sites for hydroxylation is 1. The lowest BCUT2D eigenvalue weighted by atomic mass is 9.92. The van der Waals surface area contributed by atoms with E-state index in [4.69, 9.17) is 0 Å². The molecule has 100 valence electrons. The van der Waals surface area contributed by atoms with Crippen LogP contribution in [0, 0.1) is 0 Å². The highest BCUT2D eigenvalue weighted by atomic mass is 79.9. The highest BCUT2D eigenvalue weighted by Gasteiger charge is 2.26. The molecular formula is C14H21BrN2S. The number of halogens is 1. The Bertz CT molecular complexity index is 410. The topological polar surface area (TPSA) is 15.3 Å². The van der Waals surface area contributed by atoms with Gasteiger partial charge in [-0.15, -0.1) is 11.3 Å². The van der Waals surface area contributed by atoms with Crippen molar-refractivity contribution in [1.29, 1.82) is 0 Å². The second-order valence-corrected chi connectivity index (χ2v) is 8.13. The van der Waals surface area contributed by atoms with E-state index in [1.54, 1.807) is 10.4 Å². The van der Waals surface area contributed by atoms with E-state index in [0.717, 1.165) is 6.04 Å². The fraction of sp³-hybridized carbons (Fsp3) is 0.714. The Balaban J connectivity index is 1.67. The maximum Gasteiger partial charge on any atom is 0.0704 e. The third kappa shape index (κ3) is 2.82. The van der Waals surface area contributed by atoms with Crippen molar-refractivity contribution in [1.82, 2.24) is 10.2 Å². The van der Waals surface area contributed by atoms with Gasteiger partial charge in [-0.3, -0.25) is 0 Å². The smallest absolute Gasteiger partial charge is 0.0704 e. The monoisotopic (exact) mass is 328 g/mol. The predicted octanol–water partition coefficient (Wildman–Crippen LogP) is 3.57. The predicted molar refractivity (Wildman–Crippen MR) is 81.4 cm³/mol. The van der Waals surface area contributed by atoms with Crippen molar-refractivity contribution in [2.75, 3.05) is 20.1 Å². The molecule has 1 aliphatic heterocycles. The molecule has 3 rings (SSSR count). The van der Waals surface area contributed by atoms with E-state index in [1.165, 1.54) is 49.0 Å². The van der Waals surface area contributed by atoms with Crippen LogP contribution in [0.5, 0.6) is 0 Å². The van der Waals surface area contributed by atoms with E-state index in [9.17, 15) is 0 Å². The quantitative estimate of drug-likeness (QED) is 0.892. The fourth-order valence-electron chi connectivity index (χ4n) is 3.15. The summed E-state index contributed by atoms with van der Waals surface area (Å²) in [6.45, 7) is 2.48. The Labute approximate surface area is 122 Å². The molecule has 2 nitrogen and oxygen atoms in total. The Kier molecular flexibility index (Phi) is 4.09. The third-order valence-corrected chi connectivity index (χ3v) is 5.95. The van der Waals surface area contributed by atoms with Crippen LogP contribution >= 0.6 is 27.3 Å². The van der Waals surface area contributed by atoms with Crippen LogP contribution in [0.4, 0.5) is 0 Å². The summed E-state index contributed by atoms with van der Waals surface area (Å²) in [4.78, 5) is 4.03. The molecule has 4 heteroatoms. The molecule has 1 saturated heterocycles. The summed E-state index contributed by atoms with van der Waals surface area (Å²) in [5.74, 6) is 0. The minimum Gasteiger partial charge on any atom is -0.307 e. The molecule has 0 spiro atoms. The first-order valence-electron chi connectivity index (χ1n) is 6.95. The molecule has 1 aromatic rings. The summed E-state index contributed by atoms with van der Waals surface area (Å²) in [6, 6.07) is 3.66. The number of thiophene rings is 1. The molecule has 2 aliphatic rings. The standard InChI is InChI=1S/C14H21BrN2S/c1-17-7-5-10(6-8-17)16-12-3-2-4-13-11(12)9-14(15)18-13/h9-10,12,16H,2-8H2,1H3. The van der Waals surface area contributed by atoms with E-state index in [1.807, 2.05) is 11.3 Å². The Morgan fingerprint density at radius 1 is 1.33 bits per heavy atom. The van der Waals surface area contributed by atoms with Gasteiger partial charge in [0, 0.05) is 17.0 Å². The molecule has 0 saturated carbocycles. The van der Waals surface area contributed by atoms with Crippen LogP contribution in [0.25, 0.3) is 0 Å². The Morgan fingerprint density at radius 2 is 2.11 bits per heavy atom. The number of hydrogen-bond donors (Lipinski definition) is 1. The molecule has 1 aliphatic carbocycles. The first-order chi connectivity index (χ1) is 8.72. The SMILES string of the molecule is CN1CCC(NC2CCCc3sc(Br)cc32)CC1. The second-order valence-electron chi connectivity index (χ2n) is 5.62. The first kappa shape index (κ1) is 13.1. The maximum absolute atomic E-state index is 3.91. The van der Waals surface area contributed by atoms with Gasteiger partial charge in [0.15, 0.2) is 0 Å². The van der Waals surface area contributed by atoms with Crippen molar-refractivity contribution in [3.8, 4) is 0 Å². The van der Waals surface area contributed by atoms with Crippen molar-refractivity contribution in [3.05, 3.63) is 20.3 Å². The number of likely N-dealkylation sites (tertiary alicyclic amines) is 1. The number of fused-ring (bicyclic) bond motifs is 1. The summed E-state index contributed by atoms with van der Waals surface area (Å²) >= 11 is 5.56. The number of piperidine rings is 1. The fourth-order valence-corrected chi connectivity index (χ4v) is 4.97. The largest absolute Gasteiger partial charge is 0.307 e. The molecule has 18 heavy (non-hydrogen) atoms. The lowest BCUT2D eigenvalue weighted by molar-refractivity contribution is 0.220. The Hall–Kier alpha value is 0.100. The van der Waals surface area contributed by atoms with Gasteiger partial charge in [0.05, 0.1) is 3.79 Å². The van der Waals surface area contributed by atoms with Crippen LogP contribution in [0.15, 0.2) is 9.85 Å². The van der Waals surface area contributed by atoms with Crippen molar-refractivity contribution in [3.63, 3.8) is 0 Å². The van der Waals surface area contributed by atoms with Crippen molar-refractivity contribution < 1.29 is 0 Å². The molecule has 0 bridgehead atoms. The average molecular weight is 329 g/mol. The van der Waals surface area contributed by atoms with Crippen LogP contribution in [-0.4, -0.2) is 31.1 Å². The van der Waals surface area contributed by atoms with Crippen LogP contribution in [0.1, 0.15) is 42.2 Å². The van der Waals surface area contributed by atoms with E-state index in [-0.39, 0.29) is 0 Å². The molecule has 1 N–H and O–H groups in total. The molecule has 1 aromatic heterocycles. The molecule has 1 unspecified atom stereocenters. The molecule has 2 heterocycles. The van der Waals surface area contributed by atoms with Crippen molar-refractivity contribution in [2.24, 2.45) is 0 Å². The van der Waals surface area contributed by atoms with E-state index in [2.05, 4.69) is 39.3 Å². The summed E-state index contributed by atoms with van der Waals surface area (Å²) in [7, 11) is 2.23. The summed E-state index contributed by atoms with van der Waals surface area (Å²) in [6.07, 6.45) is 6.52. The lowest BCUT2D eigenvalue weighted by Gasteiger charge is -2.34. The van der Waals surface area contributed by atoms with Crippen molar-refractivity contribution >= 4 is 27.3 Å². The zero-order chi connectivity index (χ0) is 12.5. The van der Waals surface area contributed by atoms with Gasteiger partial charge in [0.2, 0.25) is 0 Å². The Morgan fingerprint density at radius 3 is 2.89 bits per heavy atom. The minimum atomic E-state index is 0.602. The molecule has 0 amide bonds. The number of hydrogen-bond acceptors (Lipinski definition) is 3. The lowest BCUT2D eigenvalue weighted by Crippen LogP contribution is -2.42. The molecule has 0 radical (unpaired) electrons. The van der Waals surface area contributed by atoms with Gasteiger partial charge in [-0.25, -0.2) is 0 Å². The van der Waals surface area contributed by atoms with E-state index in [0.29, 0.717) is 6.04 Å². The van der Waals surface area contributed by atoms with Gasteiger partial charge in [0.1, 0.15) is 0 Å². The summed E-state index contributed by atoms with van der Waals surface area (Å²) in [5, 5.41) is 3.91. The number of nitrogens with one attached hydrogen (secondary N) is 1. The molecular weight excluding hydrogens is 308 g/mol. The summed E-state index contributed by atoms with van der Waals surface area (Å²) < 4.78 is 1.30. The van der Waals surface area contributed by atoms with E-state index < -0.39 is 0 Å². The van der Waals surface area contributed by atoms with Gasteiger partial charge in [-0.05, 0) is 79.8 Å². The van der Waals surface area contributed by atoms with Crippen molar-refractivity contribution in [2.45, 2.75) is 44.2 Å². The number of rotatable bonds is 2. The first-order valence-corrected chi connectivity index (χ1v) is 8.56. The second kappa shape index (κ2) is 5.61. The highest BCUT2D eigenvalue weighted by Crippen LogP contribution is 2.38. The third-order valence-electron chi connectivity index (χ3n) is 4.24. The maximum atomic E-state index is 3.91. The highest BCUT2D eigenvalue weighted by molar-refractivity contribution is 9.11. The van der Waals surface area contributed by atoms with Crippen LogP contribution in [0.3, 0.4) is 0 Å². The zero-order valence-electron chi connectivity index (χ0n) is 10.9. The van der Waals surface area contributed by atoms with Crippen LogP contribution < -0.4 is 5.32 Å². The van der Waals surface area contributed by atoms with Gasteiger partial charge < -0.3 is 10.2 Å². The average Bonchev–Trinajstić information content (AvgIpc) is 2.73. The number of nitrogens with zero attached hydrogens (tertiary/aromatic N) is 1. The normalized spacial score (nSPS) is 26.2. The van der Waals surface area contributed by atoms with Crippen LogP contribution in [0.2, 0.25) is 0 Å². The van der Waals surface area contributed by atoms with Crippen LogP contribution in [-0.2, 0) is 6.42 Å². The van der Waals surface area contributed by atoms with E-state index >= 15 is 0 Å². The molecule has 1 fully saturated rings. The molecule has 1 atom stereocenters.